The van der Waals surface area contributed by atoms with Crippen LogP contribution >= 0.6 is 11.5 Å². The van der Waals surface area contributed by atoms with E-state index in [1.54, 1.807) is 0 Å². The molecule has 2 heterocycles. The average molecular weight is 195 g/mol. The molecular weight excluding hydrogens is 190 g/mol. The van der Waals surface area contributed by atoms with Crippen LogP contribution in [0.5, 0.6) is 0 Å². The van der Waals surface area contributed by atoms with Gasteiger partial charge in [-0.25, -0.2) is 4.98 Å². The summed E-state index contributed by atoms with van der Waals surface area (Å²) < 4.78 is 3.68. The van der Waals surface area contributed by atoms with E-state index in [0.717, 1.165) is 0 Å². The number of carbonyl (C=O) groups excluding carboxylic acids is 1. The number of rotatable bonds is 2. The fourth-order valence-corrected chi connectivity index (χ4v) is 1.35. The van der Waals surface area contributed by atoms with Crippen molar-refractivity contribution < 1.29 is 4.79 Å². The number of aromatic nitrogens is 4. The van der Waals surface area contributed by atoms with Crippen LogP contribution in [-0.4, -0.2) is 25.5 Å². The highest BCUT2D eigenvalue weighted by atomic mass is 32.1. The quantitative estimate of drug-likeness (QED) is 0.654. The molecule has 2 aromatic heterocycles. The summed E-state index contributed by atoms with van der Waals surface area (Å²) in [6.07, 6.45) is 2.73. The first kappa shape index (κ1) is 7.87. The first-order valence-corrected chi connectivity index (χ1v) is 4.18. The number of nitrogens with two attached hydrogens (primary N) is 1. The summed E-state index contributed by atoms with van der Waals surface area (Å²) in [6, 6.07) is 0. The van der Waals surface area contributed by atoms with Crippen LogP contribution in [0.1, 0.15) is 5.82 Å². The highest BCUT2D eigenvalue weighted by molar-refractivity contribution is 7.12. The normalized spacial score (nSPS) is 11.4. The highest BCUT2D eigenvalue weighted by Crippen LogP contribution is 2.11. The SMILES string of the molecule is NC(=O)C=Cc1nc2snnc2[nH]1. The molecule has 0 fully saturated rings. The van der Waals surface area contributed by atoms with E-state index in [9.17, 15) is 4.79 Å². The lowest BCUT2D eigenvalue weighted by atomic mass is 10.5. The third kappa shape index (κ3) is 1.54. The van der Waals surface area contributed by atoms with Crippen molar-refractivity contribution in [3.05, 3.63) is 11.9 Å². The largest absolute Gasteiger partial charge is 0.366 e. The Labute approximate surface area is 76.6 Å². The molecule has 0 saturated carbocycles. The van der Waals surface area contributed by atoms with Gasteiger partial charge in [-0.05, 0) is 6.08 Å². The molecule has 0 aliphatic carbocycles. The predicted octanol–water partition coefficient (Wildman–Crippen LogP) is -0.0871. The van der Waals surface area contributed by atoms with Crippen molar-refractivity contribution >= 4 is 34.0 Å². The van der Waals surface area contributed by atoms with Crippen molar-refractivity contribution in [3.8, 4) is 0 Å². The summed E-state index contributed by atoms with van der Waals surface area (Å²) in [7, 11) is 0. The molecule has 0 aliphatic rings. The van der Waals surface area contributed by atoms with Gasteiger partial charge < -0.3 is 10.7 Å². The summed E-state index contributed by atoms with van der Waals surface area (Å²) >= 11 is 1.19. The third-order valence-corrected chi connectivity index (χ3v) is 1.97. The number of hydrogen-bond donors (Lipinski definition) is 2. The van der Waals surface area contributed by atoms with Gasteiger partial charge in [-0.15, -0.1) is 5.10 Å². The molecule has 7 heteroatoms. The number of nitrogens with one attached hydrogen (secondary N) is 1. The lowest BCUT2D eigenvalue weighted by molar-refractivity contribution is -0.113. The summed E-state index contributed by atoms with van der Waals surface area (Å²) in [5.74, 6) is 0.0424. The lowest BCUT2D eigenvalue weighted by Gasteiger charge is -1.80. The Bertz CT molecular complexity index is 442. The molecule has 0 saturated heterocycles. The van der Waals surface area contributed by atoms with Gasteiger partial charge in [0.1, 0.15) is 5.82 Å². The van der Waals surface area contributed by atoms with Crippen molar-refractivity contribution in [2.24, 2.45) is 5.73 Å². The summed E-state index contributed by atoms with van der Waals surface area (Å²) in [5, 5.41) is 3.77. The van der Waals surface area contributed by atoms with Crippen LogP contribution in [-0.2, 0) is 4.79 Å². The average Bonchev–Trinajstić information content (AvgIpc) is 2.58. The van der Waals surface area contributed by atoms with E-state index in [1.165, 1.54) is 23.7 Å². The Hall–Kier alpha value is -1.76. The van der Waals surface area contributed by atoms with Gasteiger partial charge in [0.25, 0.3) is 0 Å². The van der Waals surface area contributed by atoms with E-state index >= 15 is 0 Å². The zero-order chi connectivity index (χ0) is 9.26. The summed E-state index contributed by atoms with van der Waals surface area (Å²) in [5.41, 5.74) is 5.54. The van der Waals surface area contributed by atoms with Gasteiger partial charge in [-0.2, -0.15) is 0 Å². The Balaban J connectivity index is 2.34. The van der Waals surface area contributed by atoms with Crippen LogP contribution < -0.4 is 5.73 Å². The summed E-state index contributed by atoms with van der Waals surface area (Å²) in [6.45, 7) is 0. The number of H-pyrrole nitrogens is 1. The molecule has 0 unspecified atom stereocenters. The smallest absolute Gasteiger partial charge is 0.241 e. The number of aromatic amines is 1. The number of amides is 1. The van der Waals surface area contributed by atoms with Gasteiger partial charge >= 0.3 is 0 Å². The minimum Gasteiger partial charge on any atom is -0.366 e. The van der Waals surface area contributed by atoms with Crippen LogP contribution in [0.15, 0.2) is 6.08 Å². The van der Waals surface area contributed by atoms with Crippen LogP contribution in [0.3, 0.4) is 0 Å². The fraction of sp³-hybridized carbons (Fsp3) is 0. The van der Waals surface area contributed by atoms with E-state index in [0.29, 0.717) is 16.3 Å². The number of imidazole rings is 1. The molecule has 66 valence electrons. The standard InChI is InChI=1S/C6H5N5OS/c7-3(12)1-2-4-8-5-6(9-4)13-11-10-5/h1-2H,(H2,7,12)(H,8,9). The second-order valence-electron chi connectivity index (χ2n) is 2.28. The zero-order valence-corrected chi connectivity index (χ0v) is 7.21. The van der Waals surface area contributed by atoms with E-state index in [4.69, 9.17) is 5.73 Å². The zero-order valence-electron chi connectivity index (χ0n) is 6.39. The molecule has 0 aromatic carbocycles. The maximum Gasteiger partial charge on any atom is 0.241 e. The molecule has 0 aliphatic heterocycles. The van der Waals surface area contributed by atoms with E-state index in [1.807, 2.05) is 0 Å². The van der Waals surface area contributed by atoms with Gasteiger partial charge in [0.05, 0.1) is 0 Å². The molecule has 6 nitrogen and oxygen atoms in total. The molecule has 3 N–H and O–H groups in total. The second-order valence-corrected chi connectivity index (χ2v) is 3.02. The van der Waals surface area contributed by atoms with Crippen molar-refractivity contribution in [1.82, 2.24) is 19.6 Å². The van der Waals surface area contributed by atoms with Gasteiger partial charge in [0.15, 0.2) is 10.5 Å². The minimum absolute atomic E-state index is 0.508. The maximum absolute atomic E-state index is 10.4. The molecule has 0 atom stereocenters. The lowest BCUT2D eigenvalue weighted by Crippen LogP contribution is -2.05. The fourth-order valence-electron chi connectivity index (χ4n) is 0.836. The Morgan fingerprint density at radius 3 is 3.15 bits per heavy atom. The Kier molecular flexibility index (Phi) is 1.78. The van der Waals surface area contributed by atoms with E-state index in [2.05, 4.69) is 19.6 Å². The van der Waals surface area contributed by atoms with Crippen LogP contribution in [0.4, 0.5) is 0 Å². The van der Waals surface area contributed by atoms with Gasteiger partial charge in [-0.3, -0.25) is 4.79 Å². The first-order valence-electron chi connectivity index (χ1n) is 3.41. The molecule has 0 spiro atoms. The van der Waals surface area contributed by atoms with Crippen LogP contribution in [0.25, 0.3) is 16.6 Å². The van der Waals surface area contributed by atoms with E-state index in [-0.39, 0.29) is 0 Å². The van der Waals surface area contributed by atoms with Crippen molar-refractivity contribution in [2.45, 2.75) is 0 Å². The number of carbonyl (C=O) groups is 1. The van der Waals surface area contributed by atoms with Gasteiger partial charge in [0.2, 0.25) is 5.91 Å². The van der Waals surface area contributed by atoms with E-state index < -0.39 is 5.91 Å². The Morgan fingerprint density at radius 2 is 2.46 bits per heavy atom. The predicted molar refractivity (Wildman–Crippen MR) is 47.8 cm³/mol. The third-order valence-electron chi connectivity index (χ3n) is 1.34. The summed E-state index contributed by atoms with van der Waals surface area (Å²) in [4.78, 5) is 18.1. The van der Waals surface area contributed by atoms with Crippen molar-refractivity contribution in [1.29, 1.82) is 0 Å². The van der Waals surface area contributed by atoms with Crippen molar-refractivity contribution in [3.63, 3.8) is 0 Å². The van der Waals surface area contributed by atoms with Crippen LogP contribution in [0, 0.1) is 0 Å². The molecule has 1 amide bonds. The Morgan fingerprint density at radius 1 is 1.62 bits per heavy atom. The number of hydrogen-bond acceptors (Lipinski definition) is 5. The molecule has 13 heavy (non-hydrogen) atoms. The number of nitrogens with zero attached hydrogens (tertiary/aromatic N) is 3. The number of primary amides is 1. The van der Waals surface area contributed by atoms with Gasteiger partial charge in [-0.1, -0.05) is 4.49 Å². The van der Waals surface area contributed by atoms with Crippen LogP contribution in [0.2, 0.25) is 0 Å². The highest BCUT2D eigenvalue weighted by Gasteiger charge is 2.02. The van der Waals surface area contributed by atoms with Gasteiger partial charge in [0, 0.05) is 17.6 Å². The molecule has 2 rings (SSSR count). The monoisotopic (exact) mass is 195 g/mol. The second kappa shape index (κ2) is 2.94. The first-order chi connectivity index (χ1) is 6.25. The molecule has 0 radical (unpaired) electrons. The topological polar surface area (TPSA) is 97.6 Å². The minimum atomic E-state index is -0.508. The van der Waals surface area contributed by atoms with Crippen molar-refractivity contribution in [2.75, 3.05) is 0 Å². The molecule has 2 aromatic rings. The number of fused-ring (bicyclic) bond motifs is 1. The maximum atomic E-state index is 10.4. The molecule has 0 bridgehead atoms. The molecular formula is C6H5N5OS.